The van der Waals surface area contributed by atoms with Gasteiger partial charge < -0.3 is 10.4 Å². The molecule has 0 bridgehead atoms. The number of aliphatic carboxylic acids is 1. The number of nitrogens with one attached hydrogen (secondary N) is 1. The first kappa shape index (κ1) is 14.4. The van der Waals surface area contributed by atoms with Crippen molar-refractivity contribution in [3.63, 3.8) is 0 Å². The van der Waals surface area contributed by atoms with Gasteiger partial charge in [-0.25, -0.2) is 4.79 Å². The van der Waals surface area contributed by atoms with Crippen molar-refractivity contribution >= 4 is 11.9 Å². The number of carboxylic acid groups (broad SMARTS) is 1. The second-order valence-electron chi connectivity index (χ2n) is 6.20. The SMILES string of the molecule is CCC1CCC(C(=O)NC(CC2CC2)C(=O)O)CC1. The van der Waals surface area contributed by atoms with Crippen molar-refractivity contribution in [2.75, 3.05) is 0 Å². The van der Waals surface area contributed by atoms with Gasteiger partial charge in [-0.1, -0.05) is 26.2 Å². The molecule has 0 aromatic heterocycles. The Bertz CT molecular complexity index is 330. The zero-order valence-electron chi connectivity index (χ0n) is 11.7. The highest BCUT2D eigenvalue weighted by Gasteiger charge is 2.32. The van der Waals surface area contributed by atoms with E-state index in [0.717, 1.165) is 44.4 Å². The summed E-state index contributed by atoms with van der Waals surface area (Å²) in [6, 6.07) is -0.677. The first-order valence-corrected chi connectivity index (χ1v) is 7.63. The van der Waals surface area contributed by atoms with Gasteiger partial charge in [0.25, 0.3) is 0 Å². The van der Waals surface area contributed by atoms with Crippen LogP contribution in [0.15, 0.2) is 0 Å². The number of hydrogen-bond acceptors (Lipinski definition) is 2. The Morgan fingerprint density at radius 3 is 2.16 bits per heavy atom. The average Bonchev–Trinajstić information content (AvgIpc) is 3.22. The van der Waals surface area contributed by atoms with E-state index in [-0.39, 0.29) is 11.8 Å². The van der Waals surface area contributed by atoms with Gasteiger partial charge in [-0.3, -0.25) is 4.79 Å². The molecule has 0 heterocycles. The first-order valence-electron chi connectivity index (χ1n) is 7.63. The number of carbonyl (C=O) groups is 2. The quantitative estimate of drug-likeness (QED) is 0.777. The van der Waals surface area contributed by atoms with E-state index < -0.39 is 12.0 Å². The van der Waals surface area contributed by atoms with Gasteiger partial charge in [-0.15, -0.1) is 0 Å². The van der Waals surface area contributed by atoms with Crippen LogP contribution in [0.1, 0.15) is 58.3 Å². The summed E-state index contributed by atoms with van der Waals surface area (Å²) in [7, 11) is 0. The van der Waals surface area contributed by atoms with E-state index in [1.807, 2.05) is 0 Å². The lowest BCUT2D eigenvalue weighted by Gasteiger charge is -2.28. The Balaban J connectivity index is 1.79. The minimum absolute atomic E-state index is 0.0313. The molecule has 1 atom stereocenters. The molecule has 0 spiro atoms. The van der Waals surface area contributed by atoms with E-state index in [2.05, 4.69) is 12.2 Å². The number of rotatable bonds is 6. The average molecular weight is 267 g/mol. The summed E-state index contributed by atoms with van der Waals surface area (Å²) in [5.41, 5.74) is 0. The van der Waals surface area contributed by atoms with Crippen LogP contribution in [0.5, 0.6) is 0 Å². The Morgan fingerprint density at radius 1 is 1.11 bits per heavy atom. The fraction of sp³-hybridized carbons (Fsp3) is 0.867. The van der Waals surface area contributed by atoms with E-state index >= 15 is 0 Å². The Labute approximate surface area is 115 Å². The topological polar surface area (TPSA) is 66.4 Å². The molecule has 0 aliphatic heterocycles. The molecule has 1 amide bonds. The summed E-state index contributed by atoms with van der Waals surface area (Å²) < 4.78 is 0. The molecular weight excluding hydrogens is 242 g/mol. The van der Waals surface area contributed by atoms with Crippen molar-refractivity contribution in [2.45, 2.75) is 64.3 Å². The van der Waals surface area contributed by atoms with Crippen LogP contribution in [0.2, 0.25) is 0 Å². The smallest absolute Gasteiger partial charge is 0.326 e. The molecular formula is C15H25NO3. The number of carboxylic acids is 1. The zero-order chi connectivity index (χ0) is 13.8. The van der Waals surface area contributed by atoms with Crippen molar-refractivity contribution in [3.8, 4) is 0 Å². The predicted molar refractivity (Wildman–Crippen MR) is 72.6 cm³/mol. The van der Waals surface area contributed by atoms with Gasteiger partial charge in [0.15, 0.2) is 0 Å². The molecule has 2 aliphatic rings. The van der Waals surface area contributed by atoms with Gasteiger partial charge in [0.05, 0.1) is 0 Å². The molecule has 0 aromatic carbocycles. The highest BCUT2D eigenvalue weighted by atomic mass is 16.4. The number of amides is 1. The highest BCUT2D eigenvalue weighted by Crippen LogP contribution is 2.34. The highest BCUT2D eigenvalue weighted by molar-refractivity contribution is 5.85. The van der Waals surface area contributed by atoms with E-state index in [1.54, 1.807) is 0 Å². The van der Waals surface area contributed by atoms with Crippen LogP contribution in [0.4, 0.5) is 0 Å². The fourth-order valence-corrected chi connectivity index (χ4v) is 3.03. The second-order valence-corrected chi connectivity index (χ2v) is 6.20. The molecule has 4 heteroatoms. The van der Waals surface area contributed by atoms with Gasteiger partial charge in [0.1, 0.15) is 6.04 Å². The van der Waals surface area contributed by atoms with E-state index in [0.29, 0.717) is 12.3 Å². The predicted octanol–water partition coefficient (Wildman–Crippen LogP) is 2.57. The summed E-state index contributed by atoms with van der Waals surface area (Å²) in [5.74, 6) is 0.372. The van der Waals surface area contributed by atoms with Crippen LogP contribution < -0.4 is 5.32 Å². The third kappa shape index (κ3) is 4.22. The molecule has 2 rings (SSSR count). The Hall–Kier alpha value is -1.06. The molecule has 0 aromatic rings. The summed E-state index contributed by atoms with van der Waals surface area (Å²) in [6.45, 7) is 2.20. The van der Waals surface area contributed by atoms with Crippen LogP contribution >= 0.6 is 0 Å². The summed E-state index contributed by atoms with van der Waals surface area (Å²) in [4.78, 5) is 23.3. The Morgan fingerprint density at radius 2 is 1.68 bits per heavy atom. The molecule has 0 radical (unpaired) electrons. The third-order valence-corrected chi connectivity index (χ3v) is 4.68. The molecule has 0 saturated heterocycles. The van der Waals surface area contributed by atoms with Gasteiger partial charge in [-0.2, -0.15) is 0 Å². The monoisotopic (exact) mass is 267 g/mol. The summed E-state index contributed by atoms with van der Waals surface area (Å²) in [6.07, 6.45) is 8.06. The molecule has 2 fully saturated rings. The summed E-state index contributed by atoms with van der Waals surface area (Å²) >= 11 is 0. The van der Waals surface area contributed by atoms with Gasteiger partial charge in [0.2, 0.25) is 5.91 Å². The maximum Gasteiger partial charge on any atom is 0.326 e. The van der Waals surface area contributed by atoms with Gasteiger partial charge in [-0.05, 0) is 43.9 Å². The maximum absolute atomic E-state index is 12.1. The van der Waals surface area contributed by atoms with Gasteiger partial charge >= 0.3 is 5.97 Å². The molecule has 2 N–H and O–H groups in total. The lowest BCUT2D eigenvalue weighted by molar-refractivity contribution is -0.143. The van der Waals surface area contributed by atoms with Crippen LogP contribution in [0, 0.1) is 17.8 Å². The van der Waals surface area contributed by atoms with Crippen molar-refractivity contribution < 1.29 is 14.7 Å². The molecule has 108 valence electrons. The van der Waals surface area contributed by atoms with Crippen molar-refractivity contribution in [3.05, 3.63) is 0 Å². The zero-order valence-corrected chi connectivity index (χ0v) is 11.7. The first-order chi connectivity index (χ1) is 9.10. The third-order valence-electron chi connectivity index (χ3n) is 4.68. The fourth-order valence-electron chi connectivity index (χ4n) is 3.03. The van der Waals surface area contributed by atoms with E-state index in [4.69, 9.17) is 5.11 Å². The van der Waals surface area contributed by atoms with E-state index in [9.17, 15) is 9.59 Å². The summed E-state index contributed by atoms with van der Waals surface area (Å²) in [5, 5.41) is 11.9. The number of carbonyl (C=O) groups excluding carboxylic acids is 1. The molecule has 1 unspecified atom stereocenters. The van der Waals surface area contributed by atoms with Crippen LogP contribution in [-0.2, 0) is 9.59 Å². The largest absolute Gasteiger partial charge is 0.480 e. The van der Waals surface area contributed by atoms with Crippen molar-refractivity contribution in [1.29, 1.82) is 0 Å². The molecule has 2 saturated carbocycles. The lowest BCUT2D eigenvalue weighted by Crippen LogP contribution is -2.44. The Kier molecular flexibility index (Phi) is 4.83. The molecule has 2 aliphatic carbocycles. The maximum atomic E-state index is 12.1. The van der Waals surface area contributed by atoms with Crippen molar-refractivity contribution in [2.24, 2.45) is 17.8 Å². The van der Waals surface area contributed by atoms with Crippen molar-refractivity contribution in [1.82, 2.24) is 5.32 Å². The van der Waals surface area contributed by atoms with Crippen LogP contribution in [0.25, 0.3) is 0 Å². The van der Waals surface area contributed by atoms with Gasteiger partial charge in [0, 0.05) is 5.92 Å². The minimum atomic E-state index is -0.887. The van der Waals surface area contributed by atoms with E-state index in [1.165, 1.54) is 6.42 Å². The standard InChI is InChI=1S/C15H25NO3/c1-2-10-5-7-12(8-6-10)14(17)16-13(15(18)19)9-11-3-4-11/h10-13H,2-9H2,1H3,(H,16,17)(H,18,19). The van der Waals surface area contributed by atoms with Crippen LogP contribution in [-0.4, -0.2) is 23.0 Å². The lowest BCUT2D eigenvalue weighted by atomic mass is 9.80. The molecule has 19 heavy (non-hydrogen) atoms. The normalized spacial score (nSPS) is 28.7. The minimum Gasteiger partial charge on any atom is -0.480 e. The number of hydrogen-bond donors (Lipinski definition) is 2. The second kappa shape index (κ2) is 6.40. The van der Waals surface area contributed by atoms with Crippen LogP contribution in [0.3, 0.4) is 0 Å². The molecule has 4 nitrogen and oxygen atoms in total.